The van der Waals surface area contributed by atoms with Crippen molar-refractivity contribution in [1.29, 1.82) is 0 Å². The fraction of sp³-hybridized carbons (Fsp3) is 0.240. The molecule has 0 aromatic heterocycles. The average molecular weight is 453 g/mol. The van der Waals surface area contributed by atoms with E-state index in [0.29, 0.717) is 24.6 Å². The van der Waals surface area contributed by atoms with Crippen LogP contribution >= 0.6 is 0 Å². The highest BCUT2D eigenvalue weighted by molar-refractivity contribution is 7.92. The first-order valence-electron chi connectivity index (χ1n) is 10.5. The van der Waals surface area contributed by atoms with Crippen LogP contribution in [0.5, 0.6) is 5.75 Å². The van der Waals surface area contributed by atoms with Crippen LogP contribution < -0.4 is 14.4 Å². The Balaban J connectivity index is 1.86. The summed E-state index contributed by atoms with van der Waals surface area (Å²) in [5.41, 5.74) is 1.42. The molecule has 3 rings (SSSR count). The SMILES string of the molecule is CCOc1ccccc1N(CC(=O)NC[C@@H](C)c1ccccc1)S(=O)(=O)c1ccccc1. The minimum Gasteiger partial charge on any atom is -0.492 e. The summed E-state index contributed by atoms with van der Waals surface area (Å²) in [5, 5.41) is 2.87. The van der Waals surface area contributed by atoms with Crippen molar-refractivity contribution in [2.24, 2.45) is 0 Å². The third-order valence-corrected chi connectivity index (χ3v) is 6.80. The van der Waals surface area contributed by atoms with E-state index in [1.54, 1.807) is 42.5 Å². The maximum atomic E-state index is 13.5. The van der Waals surface area contributed by atoms with Gasteiger partial charge in [-0.1, -0.05) is 67.6 Å². The molecule has 0 heterocycles. The molecule has 168 valence electrons. The molecule has 3 aromatic carbocycles. The number of para-hydroxylation sites is 2. The Morgan fingerprint density at radius 3 is 2.19 bits per heavy atom. The molecule has 3 aromatic rings. The summed E-state index contributed by atoms with van der Waals surface area (Å²) in [5.74, 6) is 0.105. The number of carbonyl (C=O) groups excluding carboxylic acids is 1. The molecule has 0 fully saturated rings. The van der Waals surface area contributed by atoms with Crippen LogP contribution in [0.25, 0.3) is 0 Å². The predicted octanol–water partition coefficient (Wildman–Crippen LogP) is 4.20. The van der Waals surface area contributed by atoms with Gasteiger partial charge in [-0.25, -0.2) is 8.42 Å². The molecule has 0 bridgehead atoms. The number of ether oxygens (including phenoxy) is 1. The molecule has 1 N–H and O–H groups in total. The Kier molecular flexibility index (Phi) is 7.89. The lowest BCUT2D eigenvalue weighted by molar-refractivity contribution is -0.119. The highest BCUT2D eigenvalue weighted by Gasteiger charge is 2.29. The number of hydrogen-bond donors (Lipinski definition) is 1. The highest BCUT2D eigenvalue weighted by atomic mass is 32.2. The van der Waals surface area contributed by atoms with Crippen molar-refractivity contribution >= 4 is 21.6 Å². The number of nitrogens with zero attached hydrogens (tertiary/aromatic N) is 1. The predicted molar refractivity (Wildman–Crippen MR) is 126 cm³/mol. The maximum Gasteiger partial charge on any atom is 0.264 e. The van der Waals surface area contributed by atoms with Crippen LogP contribution in [0.1, 0.15) is 25.3 Å². The van der Waals surface area contributed by atoms with Gasteiger partial charge in [0.05, 0.1) is 17.2 Å². The number of rotatable bonds is 10. The van der Waals surface area contributed by atoms with Gasteiger partial charge in [0.1, 0.15) is 12.3 Å². The minimum absolute atomic E-state index is 0.0926. The normalized spacial score (nSPS) is 12.1. The Labute approximate surface area is 189 Å². The van der Waals surface area contributed by atoms with E-state index < -0.39 is 15.9 Å². The van der Waals surface area contributed by atoms with E-state index >= 15 is 0 Å². The second-order valence-corrected chi connectivity index (χ2v) is 9.20. The first-order valence-corrected chi connectivity index (χ1v) is 12.0. The fourth-order valence-corrected chi connectivity index (χ4v) is 4.77. The summed E-state index contributed by atoms with van der Waals surface area (Å²) in [7, 11) is -3.99. The standard InChI is InChI=1S/C25H28N2O4S/c1-3-31-24-17-11-10-16-23(24)27(32(29,30)22-14-8-5-9-15-22)19-25(28)26-18-20(2)21-12-6-4-7-13-21/h4-17,20H,3,18-19H2,1-2H3,(H,26,28)/t20-/m1/s1. The molecular weight excluding hydrogens is 424 g/mol. The van der Waals surface area contributed by atoms with Crippen molar-refractivity contribution in [3.8, 4) is 5.75 Å². The van der Waals surface area contributed by atoms with Gasteiger partial charge in [0.15, 0.2) is 0 Å². The van der Waals surface area contributed by atoms with E-state index in [0.717, 1.165) is 9.87 Å². The highest BCUT2D eigenvalue weighted by Crippen LogP contribution is 2.32. The monoisotopic (exact) mass is 452 g/mol. The molecular formula is C25H28N2O4S. The number of carbonyl (C=O) groups is 1. The lowest BCUT2D eigenvalue weighted by atomic mass is 10.0. The average Bonchev–Trinajstić information content (AvgIpc) is 2.83. The number of nitrogens with one attached hydrogen (secondary N) is 1. The van der Waals surface area contributed by atoms with Crippen LogP contribution in [-0.4, -0.2) is 34.0 Å². The number of benzene rings is 3. The van der Waals surface area contributed by atoms with E-state index in [2.05, 4.69) is 5.32 Å². The lowest BCUT2D eigenvalue weighted by Gasteiger charge is -2.26. The Morgan fingerprint density at radius 1 is 0.938 bits per heavy atom. The largest absolute Gasteiger partial charge is 0.492 e. The van der Waals surface area contributed by atoms with Gasteiger partial charge in [0, 0.05) is 6.54 Å². The maximum absolute atomic E-state index is 13.5. The first-order chi connectivity index (χ1) is 15.4. The third-order valence-electron chi connectivity index (χ3n) is 5.03. The van der Waals surface area contributed by atoms with Crippen LogP contribution in [0.2, 0.25) is 0 Å². The van der Waals surface area contributed by atoms with Crippen LogP contribution in [0.4, 0.5) is 5.69 Å². The quantitative estimate of drug-likeness (QED) is 0.500. The van der Waals surface area contributed by atoms with E-state index in [1.807, 2.05) is 44.2 Å². The zero-order chi connectivity index (χ0) is 23.0. The molecule has 7 heteroatoms. The van der Waals surface area contributed by atoms with Crippen LogP contribution in [-0.2, 0) is 14.8 Å². The van der Waals surface area contributed by atoms with Crippen LogP contribution in [0.15, 0.2) is 89.8 Å². The van der Waals surface area contributed by atoms with Crippen LogP contribution in [0.3, 0.4) is 0 Å². The van der Waals surface area contributed by atoms with Gasteiger partial charge >= 0.3 is 0 Å². The lowest BCUT2D eigenvalue weighted by Crippen LogP contribution is -2.42. The van der Waals surface area contributed by atoms with Crippen molar-refractivity contribution < 1.29 is 17.9 Å². The van der Waals surface area contributed by atoms with Crippen molar-refractivity contribution in [3.63, 3.8) is 0 Å². The molecule has 0 aliphatic heterocycles. The molecule has 1 atom stereocenters. The van der Waals surface area contributed by atoms with E-state index in [-0.39, 0.29) is 17.4 Å². The summed E-state index contributed by atoms with van der Waals surface area (Å²) < 4.78 is 33.7. The van der Waals surface area contributed by atoms with Gasteiger partial charge in [-0.15, -0.1) is 0 Å². The zero-order valence-electron chi connectivity index (χ0n) is 18.3. The molecule has 0 radical (unpaired) electrons. The van der Waals surface area contributed by atoms with Gasteiger partial charge < -0.3 is 10.1 Å². The Morgan fingerprint density at radius 2 is 1.53 bits per heavy atom. The number of amides is 1. The van der Waals surface area contributed by atoms with Gasteiger partial charge in [0.25, 0.3) is 10.0 Å². The van der Waals surface area contributed by atoms with Gasteiger partial charge in [0.2, 0.25) is 5.91 Å². The summed E-state index contributed by atoms with van der Waals surface area (Å²) >= 11 is 0. The van der Waals surface area contributed by atoms with E-state index in [9.17, 15) is 13.2 Å². The molecule has 1 amide bonds. The fourth-order valence-electron chi connectivity index (χ4n) is 3.31. The van der Waals surface area contributed by atoms with Crippen molar-refractivity contribution in [2.75, 3.05) is 24.0 Å². The van der Waals surface area contributed by atoms with Crippen molar-refractivity contribution in [3.05, 3.63) is 90.5 Å². The van der Waals surface area contributed by atoms with Crippen molar-refractivity contribution in [1.82, 2.24) is 5.32 Å². The topological polar surface area (TPSA) is 75.7 Å². The zero-order valence-corrected chi connectivity index (χ0v) is 19.1. The Bertz CT molecular complexity index is 1120. The first kappa shape index (κ1) is 23.3. The van der Waals surface area contributed by atoms with E-state index in [4.69, 9.17) is 4.74 Å². The molecule has 0 aliphatic rings. The molecule has 0 saturated carbocycles. The van der Waals surface area contributed by atoms with Gasteiger partial charge in [-0.3, -0.25) is 9.10 Å². The number of sulfonamides is 1. The summed E-state index contributed by atoms with van der Waals surface area (Å²) in [6.45, 7) is 4.25. The second kappa shape index (κ2) is 10.8. The molecule has 32 heavy (non-hydrogen) atoms. The summed E-state index contributed by atoms with van der Waals surface area (Å²) in [6, 6.07) is 24.8. The summed E-state index contributed by atoms with van der Waals surface area (Å²) in [4.78, 5) is 13.0. The third kappa shape index (κ3) is 5.68. The minimum atomic E-state index is -3.99. The smallest absolute Gasteiger partial charge is 0.264 e. The Hall–Kier alpha value is -3.32. The summed E-state index contributed by atoms with van der Waals surface area (Å²) in [6.07, 6.45) is 0. The molecule has 0 aliphatic carbocycles. The molecule has 0 unspecified atom stereocenters. The van der Waals surface area contributed by atoms with Gasteiger partial charge in [-0.2, -0.15) is 0 Å². The number of anilines is 1. The molecule has 0 saturated heterocycles. The molecule has 0 spiro atoms. The second-order valence-electron chi connectivity index (χ2n) is 7.34. The number of hydrogen-bond acceptors (Lipinski definition) is 4. The van der Waals surface area contributed by atoms with Gasteiger partial charge in [-0.05, 0) is 42.7 Å². The van der Waals surface area contributed by atoms with E-state index in [1.165, 1.54) is 12.1 Å². The van der Waals surface area contributed by atoms with Crippen LogP contribution in [0, 0.1) is 0 Å². The van der Waals surface area contributed by atoms with Crippen molar-refractivity contribution in [2.45, 2.75) is 24.7 Å². The molecule has 6 nitrogen and oxygen atoms in total.